The fourth-order valence-electron chi connectivity index (χ4n) is 2.80. The number of carbonyl (C=O) groups is 2. The molecule has 1 heterocycles. The van der Waals surface area contributed by atoms with Crippen molar-refractivity contribution in [3.05, 3.63) is 70.6 Å². The summed E-state index contributed by atoms with van der Waals surface area (Å²) in [6.07, 6.45) is 0. The Hall–Kier alpha value is -3.12. The summed E-state index contributed by atoms with van der Waals surface area (Å²) >= 11 is 1.29. The predicted octanol–water partition coefficient (Wildman–Crippen LogP) is 5.23. The van der Waals surface area contributed by atoms with E-state index in [1.54, 1.807) is 6.92 Å². The van der Waals surface area contributed by atoms with Crippen molar-refractivity contribution >= 4 is 28.2 Å². The number of rotatable bonds is 7. The van der Waals surface area contributed by atoms with Crippen molar-refractivity contribution in [1.29, 1.82) is 0 Å². The molecule has 0 aliphatic heterocycles. The Morgan fingerprint density at radius 1 is 1.03 bits per heavy atom. The standard InChI is InChI=1S/C23H23NO4S/c1-4-27-23(26)21-19(17-8-6-5-7-9-17)14-29-22(21)24-20(25)13-28-18-11-10-15(2)16(3)12-18/h5-12,14H,4,13H2,1-3H3,(H,24,25). The molecule has 0 atom stereocenters. The monoisotopic (exact) mass is 409 g/mol. The van der Waals surface area contributed by atoms with E-state index in [-0.39, 0.29) is 19.1 Å². The average molecular weight is 410 g/mol. The Morgan fingerprint density at radius 3 is 2.48 bits per heavy atom. The fourth-order valence-corrected chi connectivity index (χ4v) is 3.77. The third kappa shape index (κ3) is 5.03. The van der Waals surface area contributed by atoms with E-state index in [4.69, 9.17) is 9.47 Å². The van der Waals surface area contributed by atoms with Crippen LogP contribution in [0.2, 0.25) is 0 Å². The molecular formula is C23H23NO4S. The molecule has 1 N–H and O–H groups in total. The summed E-state index contributed by atoms with van der Waals surface area (Å²) in [5, 5.41) is 5.09. The summed E-state index contributed by atoms with van der Waals surface area (Å²) in [7, 11) is 0. The quantitative estimate of drug-likeness (QED) is 0.543. The number of ether oxygens (including phenoxy) is 2. The Balaban J connectivity index is 1.77. The third-order valence-corrected chi connectivity index (χ3v) is 5.35. The molecule has 0 radical (unpaired) electrons. The van der Waals surface area contributed by atoms with Crippen molar-refractivity contribution < 1.29 is 19.1 Å². The van der Waals surface area contributed by atoms with Crippen molar-refractivity contribution in [2.24, 2.45) is 0 Å². The number of thiophene rings is 1. The van der Waals surface area contributed by atoms with E-state index >= 15 is 0 Å². The van der Waals surface area contributed by atoms with E-state index in [9.17, 15) is 9.59 Å². The topological polar surface area (TPSA) is 64.6 Å². The summed E-state index contributed by atoms with van der Waals surface area (Å²) in [6.45, 7) is 5.87. The molecule has 1 aromatic heterocycles. The van der Waals surface area contributed by atoms with E-state index < -0.39 is 5.97 Å². The molecule has 0 unspecified atom stereocenters. The number of aryl methyl sites for hydroxylation is 2. The Kier molecular flexibility index (Phi) is 6.67. The highest BCUT2D eigenvalue weighted by atomic mass is 32.1. The van der Waals surface area contributed by atoms with Gasteiger partial charge in [0.25, 0.3) is 5.91 Å². The number of hydrogen-bond acceptors (Lipinski definition) is 5. The fraction of sp³-hybridized carbons (Fsp3) is 0.217. The van der Waals surface area contributed by atoms with E-state index in [0.717, 1.165) is 22.3 Å². The number of carbonyl (C=O) groups excluding carboxylic acids is 2. The van der Waals surface area contributed by atoms with Gasteiger partial charge in [-0.1, -0.05) is 36.4 Å². The Bertz CT molecular complexity index is 1010. The van der Waals surface area contributed by atoms with Gasteiger partial charge in [-0.3, -0.25) is 4.79 Å². The molecule has 5 nitrogen and oxygen atoms in total. The number of esters is 1. The first-order chi connectivity index (χ1) is 14.0. The normalized spacial score (nSPS) is 10.4. The van der Waals surface area contributed by atoms with Crippen LogP contribution in [0.15, 0.2) is 53.9 Å². The number of nitrogens with one attached hydrogen (secondary N) is 1. The van der Waals surface area contributed by atoms with E-state index in [0.29, 0.717) is 16.3 Å². The highest BCUT2D eigenvalue weighted by Gasteiger charge is 2.22. The van der Waals surface area contributed by atoms with Crippen LogP contribution in [-0.4, -0.2) is 25.1 Å². The maximum absolute atomic E-state index is 12.6. The minimum absolute atomic E-state index is 0.149. The van der Waals surface area contributed by atoms with E-state index in [2.05, 4.69) is 5.32 Å². The van der Waals surface area contributed by atoms with Crippen LogP contribution in [0, 0.1) is 13.8 Å². The van der Waals surface area contributed by atoms with Gasteiger partial charge in [-0.15, -0.1) is 11.3 Å². The molecule has 2 aromatic carbocycles. The SMILES string of the molecule is CCOC(=O)c1c(-c2ccccc2)csc1NC(=O)COc1ccc(C)c(C)c1. The molecule has 0 saturated carbocycles. The summed E-state index contributed by atoms with van der Waals surface area (Å²) in [4.78, 5) is 25.0. The molecular weight excluding hydrogens is 386 g/mol. The van der Waals surface area contributed by atoms with Crippen LogP contribution in [0.4, 0.5) is 5.00 Å². The molecule has 150 valence electrons. The zero-order chi connectivity index (χ0) is 20.8. The lowest BCUT2D eigenvalue weighted by Crippen LogP contribution is -2.21. The molecule has 0 spiro atoms. The maximum atomic E-state index is 12.6. The molecule has 0 fully saturated rings. The molecule has 3 rings (SSSR count). The average Bonchev–Trinajstić information content (AvgIpc) is 3.13. The lowest BCUT2D eigenvalue weighted by molar-refractivity contribution is -0.118. The second-order valence-electron chi connectivity index (χ2n) is 6.52. The predicted molar refractivity (Wildman–Crippen MR) is 116 cm³/mol. The van der Waals surface area contributed by atoms with Crippen molar-refractivity contribution in [1.82, 2.24) is 0 Å². The Labute approximate surface area is 174 Å². The van der Waals surface area contributed by atoms with Gasteiger partial charge in [0.05, 0.1) is 6.61 Å². The molecule has 6 heteroatoms. The van der Waals surface area contributed by atoms with Crippen LogP contribution in [0.3, 0.4) is 0 Å². The van der Waals surface area contributed by atoms with Gasteiger partial charge in [-0.05, 0) is 49.6 Å². The minimum atomic E-state index is -0.460. The lowest BCUT2D eigenvalue weighted by atomic mass is 10.0. The van der Waals surface area contributed by atoms with Gasteiger partial charge in [-0.2, -0.15) is 0 Å². The van der Waals surface area contributed by atoms with Gasteiger partial charge in [0.1, 0.15) is 16.3 Å². The van der Waals surface area contributed by atoms with Crippen LogP contribution in [0.5, 0.6) is 5.75 Å². The van der Waals surface area contributed by atoms with Gasteiger partial charge < -0.3 is 14.8 Å². The number of hydrogen-bond donors (Lipinski definition) is 1. The van der Waals surface area contributed by atoms with Gasteiger partial charge in [0.15, 0.2) is 6.61 Å². The minimum Gasteiger partial charge on any atom is -0.484 e. The molecule has 0 aliphatic rings. The Morgan fingerprint density at radius 2 is 1.79 bits per heavy atom. The van der Waals surface area contributed by atoms with Gasteiger partial charge in [0, 0.05) is 10.9 Å². The zero-order valence-corrected chi connectivity index (χ0v) is 17.5. The van der Waals surface area contributed by atoms with Crippen molar-refractivity contribution in [3.63, 3.8) is 0 Å². The molecule has 29 heavy (non-hydrogen) atoms. The number of amides is 1. The number of benzene rings is 2. The smallest absolute Gasteiger partial charge is 0.341 e. The number of anilines is 1. The largest absolute Gasteiger partial charge is 0.484 e. The second kappa shape index (κ2) is 9.39. The summed E-state index contributed by atoms with van der Waals surface area (Å²) in [6, 6.07) is 15.2. The van der Waals surface area contributed by atoms with Crippen LogP contribution in [0.25, 0.3) is 11.1 Å². The molecule has 1 amide bonds. The first kappa shape index (κ1) is 20.6. The lowest BCUT2D eigenvalue weighted by Gasteiger charge is -2.10. The summed E-state index contributed by atoms with van der Waals surface area (Å²) < 4.78 is 10.8. The van der Waals surface area contributed by atoms with Crippen LogP contribution in [0.1, 0.15) is 28.4 Å². The van der Waals surface area contributed by atoms with Crippen LogP contribution in [-0.2, 0) is 9.53 Å². The van der Waals surface area contributed by atoms with Crippen molar-refractivity contribution in [3.8, 4) is 16.9 Å². The molecule has 0 aliphatic carbocycles. The third-order valence-electron chi connectivity index (χ3n) is 4.46. The first-order valence-corrected chi connectivity index (χ1v) is 10.2. The highest BCUT2D eigenvalue weighted by molar-refractivity contribution is 7.15. The highest BCUT2D eigenvalue weighted by Crippen LogP contribution is 2.36. The van der Waals surface area contributed by atoms with Gasteiger partial charge >= 0.3 is 5.97 Å². The van der Waals surface area contributed by atoms with Gasteiger partial charge in [0.2, 0.25) is 0 Å². The first-order valence-electron chi connectivity index (χ1n) is 9.33. The summed E-state index contributed by atoms with van der Waals surface area (Å²) in [5.74, 6) is -0.168. The molecule has 0 bridgehead atoms. The van der Waals surface area contributed by atoms with Crippen LogP contribution < -0.4 is 10.1 Å². The zero-order valence-electron chi connectivity index (χ0n) is 16.7. The van der Waals surface area contributed by atoms with Gasteiger partial charge in [-0.25, -0.2) is 4.79 Å². The maximum Gasteiger partial charge on any atom is 0.341 e. The van der Waals surface area contributed by atoms with Crippen molar-refractivity contribution in [2.45, 2.75) is 20.8 Å². The molecule has 3 aromatic rings. The van der Waals surface area contributed by atoms with Crippen molar-refractivity contribution in [2.75, 3.05) is 18.5 Å². The van der Waals surface area contributed by atoms with E-state index in [1.165, 1.54) is 11.3 Å². The molecule has 0 saturated heterocycles. The van der Waals surface area contributed by atoms with Crippen LogP contribution >= 0.6 is 11.3 Å². The van der Waals surface area contributed by atoms with E-state index in [1.807, 2.05) is 67.8 Å². The second-order valence-corrected chi connectivity index (χ2v) is 7.40. The summed E-state index contributed by atoms with van der Waals surface area (Å²) in [5.41, 5.74) is 4.24.